The number of rotatable bonds is 5. The van der Waals surface area contributed by atoms with Crippen LogP contribution in [0.5, 0.6) is 0 Å². The van der Waals surface area contributed by atoms with Gasteiger partial charge in [0.2, 0.25) is 5.95 Å². The smallest absolute Gasteiger partial charge is 0.251 e. The Kier molecular flexibility index (Phi) is 9.72. The van der Waals surface area contributed by atoms with Crippen molar-refractivity contribution in [2.75, 3.05) is 84.0 Å². The average molecular weight is 558 g/mol. The van der Waals surface area contributed by atoms with Crippen LogP contribution in [-0.2, 0) is 9.53 Å². The van der Waals surface area contributed by atoms with Crippen LogP contribution in [0.1, 0.15) is 12.8 Å². The third kappa shape index (κ3) is 6.41. The lowest BCUT2D eigenvalue weighted by Crippen LogP contribution is -2.56. The minimum Gasteiger partial charge on any atom is -0.368 e. The van der Waals surface area contributed by atoms with Gasteiger partial charge < -0.3 is 24.8 Å². The van der Waals surface area contributed by atoms with Crippen LogP contribution in [0, 0.1) is 0 Å². The van der Waals surface area contributed by atoms with Crippen molar-refractivity contribution in [3.63, 3.8) is 0 Å². The zero-order valence-corrected chi connectivity index (χ0v) is 21.2. The van der Waals surface area contributed by atoms with Gasteiger partial charge in [-0.15, -0.1) is 24.0 Å². The summed E-state index contributed by atoms with van der Waals surface area (Å²) in [7, 11) is 1.82. The van der Waals surface area contributed by atoms with E-state index in [-0.39, 0.29) is 36.0 Å². The number of amides is 1. The quantitative estimate of drug-likeness (QED) is 0.310. The second kappa shape index (κ2) is 12.5. The first-order chi connectivity index (χ1) is 15.2. The van der Waals surface area contributed by atoms with Crippen molar-refractivity contribution >= 4 is 41.8 Å². The highest BCUT2D eigenvalue weighted by atomic mass is 127. The number of nitrogens with one attached hydrogen (secondary N) is 1. The van der Waals surface area contributed by atoms with Crippen molar-refractivity contribution in [1.29, 1.82) is 0 Å². The van der Waals surface area contributed by atoms with Crippen LogP contribution in [0.15, 0.2) is 23.5 Å². The van der Waals surface area contributed by atoms with Crippen LogP contribution >= 0.6 is 24.0 Å². The number of nitrogens with zero attached hydrogens (tertiary/aromatic N) is 7. The molecule has 3 fully saturated rings. The lowest BCUT2D eigenvalue weighted by Gasteiger charge is -2.38. The fraction of sp³-hybridized carbons (Fsp3) is 0.714. The topological polar surface area (TPSA) is 89.4 Å². The number of piperazine rings is 2. The Bertz CT molecular complexity index is 731. The van der Waals surface area contributed by atoms with Crippen LogP contribution in [0.2, 0.25) is 0 Å². The molecule has 0 aliphatic carbocycles. The molecule has 1 aromatic rings. The molecule has 0 bridgehead atoms. The van der Waals surface area contributed by atoms with E-state index in [2.05, 4.69) is 35.0 Å². The number of aromatic nitrogens is 2. The number of carbonyl (C=O) groups excluding carboxylic acids is 1. The van der Waals surface area contributed by atoms with E-state index in [0.717, 1.165) is 90.2 Å². The minimum absolute atomic E-state index is 0. The zero-order chi connectivity index (χ0) is 21.5. The van der Waals surface area contributed by atoms with Gasteiger partial charge in [0, 0.05) is 91.5 Å². The molecule has 3 aliphatic rings. The number of guanidine groups is 1. The van der Waals surface area contributed by atoms with Gasteiger partial charge in [-0.25, -0.2) is 9.97 Å². The molecular formula is C21H35IN8O2. The summed E-state index contributed by atoms with van der Waals surface area (Å²) in [5.41, 5.74) is 0. The summed E-state index contributed by atoms with van der Waals surface area (Å²) in [6.45, 7) is 9.48. The molecule has 4 heterocycles. The fourth-order valence-corrected chi connectivity index (χ4v) is 4.40. The number of hydrogen-bond acceptors (Lipinski definition) is 7. The molecule has 178 valence electrons. The van der Waals surface area contributed by atoms with Gasteiger partial charge in [-0.3, -0.25) is 14.7 Å². The number of halogens is 1. The summed E-state index contributed by atoms with van der Waals surface area (Å²) < 4.78 is 5.55. The molecule has 10 nitrogen and oxygen atoms in total. The molecule has 1 unspecified atom stereocenters. The molecule has 1 atom stereocenters. The number of aliphatic imine (C=N–C) groups is 1. The van der Waals surface area contributed by atoms with Crippen molar-refractivity contribution in [2.24, 2.45) is 4.99 Å². The average Bonchev–Trinajstić information content (AvgIpc) is 3.38. The lowest BCUT2D eigenvalue weighted by atomic mass is 10.2. The van der Waals surface area contributed by atoms with E-state index in [1.807, 2.05) is 18.0 Å². The van der Waals surface area contributed by atoms with Crippen LogP contribution in [0.3, 0.4) is 0 Å². The van der Waals surface area contributed by atoms with Gasteiger partial charge in [0.1, 0.15) is 6.10 Å². The molecule has 1 aromatic heterocycles. The van der Waals surface area contributed by atoms with Gasteiger partial charge in [-0.1, -0.05) is 0 Å². The maximum atomic E-state index is 12.5. The Morgan fingerprint density at radius 3 is 2.41 bits per heavy atom. The lowest BCUT2D eigenvalue weighted by molar-refractivity contribution is -0.142. The first-order valence-corrected chi connectivity index (χ1v) is 11.3. The Labute approximate surface area is 207 Å². The summed E-state index contributed by atoms with van der Waals surface area (Å²) >= 11 is 0. The number of ether oxygens (including phenoxy) is 1. The third-order valence-corrected chi connectivity index (χ3v) is 6.23. The van der Waals surface area contributed by atoms with E-state index in [4.69, 9.17) is 4.74 Å². The molecule has 0 radical (unpaired) electrons. The largest absolute Gasteiger partial charge is 0.368 e. The minimum atomic E-state index is -0.224. The summed E-state index contributed by atoms with van der Waals surface area (Å²) in [5, 5.41) is 3.50. The third-order valence-electron chi connectivity index (χ3n) is 6.23. The van der Waals surface area contributed by atoms with E-state index in [1.165, 1.54) is 0 Å². The molecule has 32 heavy (non-hydrogen) atoms. The number of carbonyl (C=O) groups is 1. The monoisotopic (exact) mass is 558 g/mol. The zero-order valence-electron chi connectivity index (χ0n) is 18.9. The Hall–Kier alpha value is -1.73. The summed E-state index contributed by atoms with van der Waals surface area (Å²) in [6, 6.07) is 1.85. The van der Waals surface area contributed by atoms with Crippen molar-refractivity contribution in [3.8, 4) is 0 Å². The predicted octanol–water partition coefficient (Wildman–Crippen LogP) is 0.115. The van der Waals surface area contributed by atoms with E-state index in [1.54, 1.807) is 12.4 Å². The van der Waals surface area contributed by atoms with Gasteiger partial charge in [-0.05, 0) is 18.9 Å². The summed E-state index contributed by atoms with van der Waals surface area (Å²) in [4.78, 5) is 34.5. The summed E-state index contributed by atoms with van der Waals surface area (Å²) in [5.74, 6) is 1.89. The van der Waals surface area contributed by atoms with Gasteiger partial charge in [0.05, 0.1) is 0 Å². The number of anilines is 1. The van der Waals surface area contributed by atoms with Crippen molar-refractivity contribution < 1.29 is 9.53 Å². The normalized spacial score (nSPS) is 22.6. The molecule has 0 saturated carbocycles. The standard InChI is InChI=1S/C21H34N8O2.HI/c1-22-20(28-15-13-27(14-16-28)19(30)18-4-2-17-31-18)25-7-8-26-9-11-29(12-10-26)21-23-5-3-6-24-21;/h3,5-6,18H,2,4,7-17H2,1H3,(H,22,25);1H. The van der Waals surface area contributed by atoms with Crippen molar-refractivity contribution in [3.05, 3.63) is 18.5 Å². The Morgan fingerprint density at radius 1 is 1.09 bits per heavy atom. The maximum Gasteiger partial charge on any atom is 0.251 e. The maximum absolute atomic E-state index is 12.5. The van der Waals surface area contributed by atoms with Gasteiger partial charge in [0.15, 0.2) is 5.96 Å². The van der Waals surface area contributed by atoms with E-state index in [0.29, 0.717) is 6.61 Å². The predicted molar refractivity (Wildman–Crippen MR) is 135 cm³/mol. The van der Waals surface area contributed by atoms with Crippen LogP contribution in [0.4, 0.5) is 5.95 Å². The molecule has 11 heteroatoms. The summed E-state index contributed by atoms with van der Waals surface area (Å²) in [6.07, 6.45) is 5.21. The van der Waals surface area contributed by atoms with E-state index < -0.39 is 0 Å². The van der Waals surface area contributed by atoms with Gasteiger partial charge >= 0.3 is 0 Å². The van der Waals surface area contributed by atoms with Crippen LogP contribution < -0.4 is 10.2 Å². The van der Waals surface area contributed by atoms with Gasteiger partial charge in [0.25, 0.3) is 5.91 Å². The highest BCUT2D eigenvalue weighted by molar-refractivity contribution is 14.0. The molecule has 3 aliphatic heterocycles. The number of hydrogen-bond donors (Lipinski definition) is 1. The first kappa shape index (κ1) is 24.9. The van der Waals surface area contributed by atoms with Crippen molar-refractivity contribution in [2.45, 2.75) is 18.9 Å². The highest BCUT2D eigenvalue weighted by Gasteiger charge is 2.31. The van der Waals surface area contributed by atoms with Crippen molar-refractivity contribution in [1.82, 2.24) is 30.0 Å². The molecule has 0 aromatic carbocycles. The van der Waals surface area contributed by atoms with E-state index in [9.17, 15) is 4.79 Å². The highest BCUT2D eigenvalue weighted by Crippen LogP contribution is 2.16. The molecular weight excluding hydrogens is 523 g/mol. The second-order valence-electron chi connectivity index (χ2n) is 8.17. The molecule has 1 N–H and O–H groups in total. The Morgan fingerprint density at radius 2 is 1.78 bits per heavy atom. The van der Waals surface area contributed by atoms with Gasteiger partial charge in [-0.2, -0.15) is 0 Å². The molecule has 3 saturated heterocycles. The first-order valence-electron chi connectivity index (χ1n) is 11.3. The van der Waals surface area contributed by atoms with E-state index >= 15 is 0 Å². The van der Waals surface area contributed by atoms with Crippen LogP contribution in [-0.4, -0.2) is 122 Å². The second-order valence-corrected chi connectivity index (χ2v) is 8.17. The van der Waals surface area contributed by atoms with Crippen LogP contribution in [0.25, 0.3) is 0 Å². The SMILES string of the molecule is CN=C(NCCN1CCN(c2ncccn2)CC1)N1CCN(C(=O)C2CCCO2)CC1.I. The Balaban J connectivity index is 0.00000289. The molecule has 4 rings (SSSR count). The molecule has 1 amide bonds. The molecule has 0 spiro atoms. The fourth-order valence-electron chi connectivity index (χ4n) is 4.40.